The van der Waals surface area contributed by atoms with Crippen LogP contribution in [0.5, 0.6) is 0 Å². The van der Waals surface area contributed by atoms with E-state index >= 15 is 0 Å². The van der Waals surface area contributed by atoms with Gasteiger partial charge in [0, 0.05) is 46.9 Å². The molecule has 0 aliphatic carbocycles. The molecule has 7 heteroatoms. The molecule has 0 unspecified atom stereocenters. The maximum absolute atomic E-state index is 14.0. The second-order valence-electron chi connectivity index (χ2n) is 7.83. The van der Waals surface area contributed by atoms with E-state index in [4.69, 9.17) is 16.7 Å². The van der Waals surface area contributed by atoms with Crippen molar-refractivity contribution in [3.63, 3.8) is 0 Å². The molecule has 1 aliphatic heterocycles. The lowest BCUT2D eigenvalue weighted by molar-refractivity contribution is 0.0674. The minimum Gasteiger partial charge on any atom is -0.330 e. The number of benzene rings is 2. The van der Waals surface area contributed by atoms with Crippen molar-refractivity contribution >= 4 is 28.4 Å². The number of aromatic nitrogens is 3. The van der Waals surface area contributed by atoms with E-state index in [1.165, 1.54) is 12.1 Å². The SMILES string of the molecule is C[C@H]1c2nn(C)c(-c3cc(F)cc(Cl)c3)c2CCN1C(=O)c1ccc2ncccc2c1. The molecule has 0 saturated carbocycles. The normalized spacial score (nSPS) is 15.9. The average molecular weight is 435 g/mol. The van der Waals surface area contributed by atoms with E-state index in [9.17, 15) is 9.18 Å². The fourth-order valence-electron chi connectivity index (χ4n) is 4.45. The summed E-state index contributed by atoms with van der Waals surface area (Å²) in [4.78, 5) is 19.5. The zero-order chi connectivity index (χ0) is 21.7. The van der Waals surface area contributed by atoms with E-state index in [2.05, 4.69) is 4.98 Å². The van der Waals surface area contributed by atoms with Crippen LogP contribution in [0.4, 0.5) is 4.39 Å². The molecule has 4 aromatic rings. The van der Waals surface area contributed by atoms with Crippen LogP contribution in [-0.2, 0) is 13.5 Å². The van der Waals surface area contributed by atoms with E-state index in [1.54, 1.807) is 16.9 Å². The van der Waals surface area contributed by atoms with Gasteiger partial charge in [-0.25, -0.2) is 4.39 Å². The predicted octanol–water partition coefficient (Wildman–Crippen LogP) is 5.19. The van der Waals surface area contributed by atoms with Crippen molar-refractivity contribution in [3.8, 4) is 11.3 Å². The maximum Gasteiger partial charge on any atom is 0.254 e. The third kappa shape index (κ3) is 3.37. The van der Waals surface area contributed by atoms with Crippen molar-refractivity contribution in [2.24, 2.45) is 7.05 Å². The quantitative estimate of drug-likeness (QED) is 0.436. The number of nitrogens with zero attached hydrogens (tertiary/aromatic N) is 4. The summed E-state index contributed by atoms with van der Waals surface area (Å²) in [5, 5.41) is 5.97. The fraction of sp³-hybridized carbons (Fsp3) is 0.208. The molecule has 2 aromatic heterocycles. The van der Waals surface area contributed by atoms with Crippen LogP contribution in [0.1, 0.15) is 34.6 Å². The Morgan fingerprint density at radius 1 is 1.19 bits per heavy atom. The third-order valence-corrected chi connectivity index (χ3v) is 6.11. The lowest BCUT2D eigenvalue weighted by Crippen LogP contribution is -2.38. The number of hydrogen-bond acceptors (Lipinski definition) is 3. The largest absolute Gasteiger partial charge is 0.330 e. The van der Waals surface area contributed by atoms with Gasteiger partial charge >= 0.3 is 0 Å². The molecule has 1 atom stereocenters. The number of amides is 1. The molecule has 0 radical (unpaired) electrons. The summed E-state index contributed by atoms with van der Waals surface area (Å²) in [6.45, 7) is 2.54. The molecule has 0 bridgehead atoms. The molecule has 0 saturated heterocycles. The first kappa shape index (κ1) is 19.7. The van der Waals surface area contributed by atoms with Crippen molar-refractivity contribution in [1.29, 1.82) is 0 Å². The zero-order valence-electron chi connectivity index (χ0n) is 17.1. The highest BCUT2D eigenvalue weighted by Crippen LogP contribution is 2.37. The smallest absolute Gasteiger partial charge is 0.254 e. The second kappa shape index (κ2) is 7.46. The summed E-state index contributed by atoms with van der Waals surface area (Å²) in [6.07, 6.45) is 2.38. The van der Waals surface area contributed by atoms with Crippen LogP contribution in [0, 0.1) is 5.82 Å². The highest BCUT2D eigenvalue weighted by atomic mass is 35.5. The number of hydrogen-bond donors (Lipinski definition) is 0. The Labute approximate surface area is 184 Å². The van der Waals surface area contributed by atoms with E-state index < -0.39 is 0 Å². The number of pyridine rings is 1. The summed E-state index contributed by atoms with van der Waals surface area (Å²) in [5.41, 5.74) is 4.88. The van der Waals surface area contributed by atoms with E-state index in [0.29, 0.717) is 29.1 Å². The van der Waals surface area contributed by atoms with Gasteiger partial charge in [0.1, 0.15) is 5.82 Å². The van der Waals surface area contributed by atoms with Gasteiger partial charge in [0.15, 0.2) is 0 Å². The van der Waals surface area contributed by atoms with Crippen molar-refractivity contribution in [3.05, 3.63) is 82.4 Å². The van der Waals surface area contributed by atoms with Gasteiger partial charge in [0.25, 0.3) is 5.91 Å². The van der Waals surface area contributed by atoms with Gasteiger partial charge in [-0.15, -0.1) is 0 Å². The highest BCUT2D eigenvalue weighted by molar-refractivity contribution is 6.30. The predicted molar refractivity (Wildman–Crippen MR) is 119 cm³/mol. The molecule has 0 spiro atoms. The Kier molecular flexibility index (Phi) is 4.74. The van der Waals surface area contributed by atoms with Crippen molar-refractivity contribution in [2.45, 2.75) is 19.4 Å². The number of carbonyl (C=O) groups excluding carboxylic acids is 1. The Hall–Kier alpha value is -3.25. The molecule has 2 aromatic carbocycles. The molecule has 1 amide bonds. The number of carbonyl (C=O) groups is 1. The number of aryl methyl sites for hydroxylation is 1. The topological polar surface area (TPSA) is 51.0 Å². The van der Waals surface area contributed by atoms with E-state index in [-0.39, 0.29) is 17.8 Å². The molecule has 1 aliphatic rings. The monoisotopic (exact) mass is 434 g/mol. The number of rotatable bonds is 2. The maximum atomic E-state index is 14.0. The van der Waals surface area contributed by atoms with E-state index in [1.807, 2.05) is 49.2 Å². The first-order chi connectivity index (χ1) is 14.9. The molecule has 0 N–H and O–H groups in total. The Morgan fingerprint density at radius 2 is 2.03 bits per heavy atom. The first-order valence-electron chi connectivity index (χ1n) is 10.1. The molecule has 5 nitrogen and oxygen atoms in total. The standard InChI is InChI=1S/C24H20ClFN4O/c1-14-22-20(23(29(2)28-22)17-11-18(25)13-19(26)12-17)7-9-30(14)24(31)16-5-6-21-15(10-16)4-3-8-27-21/h3-6,8,10-14H,7,9H2,1-2H3/t14-/m0/s1. The average Bonchev–Trinajstić information content (AvgIpc) is 3.09. The summed E-state index contributed by atoms with van der Waals surface area (Å²) in [6, 6.07) is 13.7. The molecular formula is C24H20ClFN4O. The molecule has 0 fully saturated rings. The Balaban J connectivity index is 1.50. The van der Waals surface area contributed by atoms with Crippen molar-refractivity contribution in [2.75, 3.05) is 6.54 Å². The first-order valence-corrected chi connectivity index (χ1v) is 10.5. The van der Waals surface area contributed by atoms with Crippen molar-refractivity contribution < 1.29 is 9.18 Å². The summed E-state index contributed by atoms with van der Waals surface area (Å²) >= 11 is 6.08. The summed E-state index contributed by atoms with van der Waals surface area (Å²) in [7, 11) is 1.83. The van der Waals surface area contributed by atoms with Crippen molar-refractivity contribution in [1.82, 2.24) is 19.7 Å². The Bertz CT molecular complexity index is 1310. The van der Waals surface area contributed by atoms with Crippen LogP contribution in [0.3, 0.4) is 0 Å². The number of fused-ring (bicyclic) bond motifs is 2. The second-order valence-corrected chi connectivity index (χ2v) is 8.27. The van der Waals surface area contributed by atoms with Gasteiger partial charge in [-0.3, -0.25) is 14.5 Å². The molecule has 3 heterocycles. The van der Waals surface area contributed by atoms with Gasteiger partial charge < -0.3 is 4.90 Å². The molecule has 31 heavy (non-hydrogen) atoms. The molecular weight excluding hydrogens is 415 g/mol. The van der Waals surface area contributed by atoms with Crippen LogP contribution in [0.25, 0.3) is 22.2 Å². The number of halogens is 2. The van der Waals surface area contributed by atoms with Gasteiger partial charge in [-0.05, 0) is 55.8 Å². The van der Waals surface area contributed by atoms with Gasteiger partial charge in [-0.1, -0.05) is 17.7 Å². The minimum absolute atomic E-state index is 0.0371. The van der Waals surface area contributed by atoms with Crippen LogP contribution < -0.4 is 0 Å². The summed E-state index contributed by atoms with van der Waals surface area (Å²) < 4.78 is 15.7. The van der Waals surface area contributed by atoms with Crippen LogP contribution in [-0.4, -0.2) is 32.1 Å². The zero-order valence-corrected chi connectivity index (χ0v) is 17.9. The van der Waals surface area contributed by atoms with Gasteiger partial charge in [-0.2, -0.15) is 5.10 Å². The van der Waals surface area contributed by atoms with Gasteiger partial charge in [0.05, 0.1) is 22.9 Å². The van der Waals surface area contributed by atoms with Gasteiger partial charge in [0.2, 0.25) is 0 Å². The third-order valence-electron chi connectivity index (χ3n) is 5.89. The lowest BCUT2D eigenvalue weighted by atomic mass is 9.95. The van der Waals surface area contributed by atoms with Crippen LogP contribution in [0.2, 0.25) is 5.02 Å². The minimum atomic E-state index is -0.385. The Morgan fingerprint density at radius 3 is 2.84 bits per heavy atom. The van der Waals surface area contributed by atoms with Crippen LogP contribution >= 0.6 is 11.6 Å². The molecule has 156 valence electrons. The summed E-state index contributed by atoms with van der Waals surface area (Å²) in [5.74, 6) is -0.422. The fourth-order valence-corrected chi connectivity index (χ4v) is 4.67. The highest BCUT2D eigenvalue weighted by Gasteiger charge is 2.33. The van der Waals surface area contributed by atoms with E-state index in [0.717, 1.165) is 27.9 Å². The lowest BCUT2D eigenvalue weighted by Gasteiger charge is -2.33. The van der Waals surface area contributed by atoms with Crippen LogP contribution in [0.15, 0.2) is 54.7 Å². The molecule has 5 rings (SSSR count).